The normalized spacial score (nSPS) is 18.1. The lowest BCUT2D eigenvalue weighted by atomic mass is 10.0. The summed E-state index contributed by atoms with van der Waals surface area (Å²) in [6.45, 7) is -0.0645. The first kappa shape index (κ1) is 16.1. The number of ether oxygens (including phenoxy) is 1. The highest BCUT2D eigenvalue weighted by Crippen LogP contribution is 2.31. The van der Waals surface area contributed by atoms with Gasteiger partial charge in [0.15, 0.2) is 6.61 Å². The van der Waals surface area contributed by atoms with Gasteiger partial charge in [0.05, 0.1) is 11.4 Å². The van der Waals surface area contributed by atoms with Crippen LogP contribution in [0.4, 0.5) is 15.8 Å². The molecule has 0 aromatic heterocycles. The quantitative estimate of drug-likeness (QED) is 0.884. The van der Waals surface area contributed by atoms with Crippen molar-refractivity contribution in [3.8, 4) is 5.75 Å². The highest BCUT2D eigenvalue weighted by Gasteiger charge is 2.29. The number of carbonyl (C=O) groups is 2. The van der Waals surface area contributed by atoms with Crippen molar-refractivity contribution in [1.29, 1.82) is 0 Å². The third kappa shape index (κ3) is 3.21. The molecular formula is C18H14FN3O4. The minimum absolute atomic E-state index is 0.0645. The molecule has 0 bridgehead atoms. The van der Waals surface area contributed by atoms with Gasteiger partial charge in [0, 0.05) is 18.2 Å². The fourth-order valence-electron chi connectivity index (χ4n) is 2.71. The molecule has 1 atom stereocenters. The summed E-state index contributed by atoms with van der Waals surface area (Å²) in [6, 6.07) is 10.8. The van der Waals surface area contributed by atoms with Gasteiger partial charge in [-0.1, -0.05) is 17.3 Å². The van der Waals surface area contributed by atoms with E-state index in [1.807, 2.05) is 0 Å². The number of halogens is 1. The summed E-state index contributed by atoms with van der Waals surface area (Å²) in [4.78, 5) is 28.9. The number of rotatable bonds is 3. The Morgan fingerprint density at radius 3 is 2.85 bits per heavy atom. The van der Waals surface area contributed by atoms with Gasteiger partial charge in [-0.2, -0.15) is 0 Å². The van der Waals surface area contributed by atoms with Crippen molar-refractivity contribution < 1.29 is 23.6 Å². The smallest absolute Gasteiger partial charge is 0.268 e. The van der Waals surface area contributed by atoms with Crippen LogP contribution in [-0.4, -0.2) is 30.2 Å². The van der Waals surface area contributed by atoms with Crippen molar-refractivity contribution in [3.05, 3.63) is 53.8 Å². The molecule has 0 saturated carbocycles. The molecule has 0 fully saturated rings. The van der Waals surface area contributed by atoms with Crippen molar-refractivity contribution in [3.63, 3.8) is 0 Å². The number of carbonyl (C=O) groups excluding carboxylic acids is 2. The van der Waals surface area contributed by atoms with Gasteiger partial charge in [0.2, 0.25) is 6.10 Å². The monoisotopic (exact) mass is 355 g/mol. The van der Waals surface area contributed by atoms with Gasteiger partial charge in [-0.25, -0.2) is 4.39 Å². The van der Waals surface area contributed by atoms with Gasteiger partial charge in [0.25, 0.3) is 11.8 Å². The van der Waals surface area contributed by atoms with E-state index in [9.17, 15) is 14.0 Å². The molecule has 0 spiro atoms. The average Bonchev–Trinajstić information content (AvgIpc) is 3.13. The highest BCUT2D eigenvalue weighted by molar-refractivity contribution is 6.06. The number of anilines is 2. The minimum Gasteiger partial charge on any atom is -0.482 e. The molecule has 2 N–H and O–H groups in total. The fourth-order valence-corrected chi connectivity index (χ4v) is 2.71. The van der Waals surface area contributed by atoms with Crippen molar-refractivity contribution in [2.24, 2.45) is 5.16 Å². The van der Waals surface area contributed by atoms with Crippen molar-refractivity contribution in [2.45, 2.75) is 12.5 Å². The van der Waals surface area contributed by atoms with Crippen LogP contribution in [0.3, 0.4) is 0 Å². The van der Waals surface area contributed by atoms with E-state index in [0.29, 0.717) is 28.4 Å². The second-order valence-electron chi connectivity index (χ2n) is 5.88. The topological polar surface area (TPSA) is 89.0 Å². The minimum atomic E-state index is -0.772. The number of fused-ring (bicyclic) bond motifs is 1. The van der Waals surface area contributed by atoms with Crippen LogP contribution in [0.5, 0.6) is 5.75 Å². The molecule has 0 aliphatic carbocycles. The molecule has 7 nitrogen and oxygen atoms in total. The van der Waals surface area contributed by atoms with Crippen LogP contribution in [-0.2, 0) is 14.4 Å². The molecular weight excluding hydrogens is 341 g/mol. The predicted molar refractivity (Wildman–Crippen MR) is 91.6 cm³/mol. The Morgan fingerprint density at radius 1 is 1.23 bits per heavy atom. The van der Waals surface area contributed by atoms with Crippen LogP contribution >= 0.6 is 0 Å². The Morgan fingerprint density at radius 2 is 2.04 bits per heavy atom. The van der Waals surface area contributed by atoms with E-state index in [-0.39, 0.29) is 30.7 Å². The van der Waals surface area contributed by atoms with Crippen molar-refractivity contribution in [2.75, 3.05) is 17.2 Å². The molecule has 0 radical (unpaired) electrons. The molecule has 2 aliphatic heterocycles. The zero-order valence-electron chi connectivity index (χ0n) is 13.5. The zero-order valence-corrected chi connectivity index (χ0v) is 13.5. The van der Waals surface area contributed by atoms with E-state index in [1.54, 1.807) is 30.3 Å². The molecule has 2 heterocycles. The summed E-state index contributed by atoms with van der Waals surface area (Å²) in [5.41, 5.74) is 2.36. The summed E-state index contributed by atoms with van der Waals surface area (Å²) < 4.78 is 18.3. The van der Waals surface area contributed by atoms with E-state index in [1.165, 1.54) is 12.1 Å². The van der Waals surface area contributed by atoms with Gasteiger partial charge in [-0.05, 0) is 29.8 Å². The van der Waals surface area contributed by atoms with E-state index in [4.69, 9.17) is 9.57 Å². The number of hydrogen-bond acceptors (Lipinski definition) is 5. The third-order valence-electron chi connectivity index (χ3n) is 4.02. The maximum atomic E-state index is 13.0. The van der Waals surface area contributed by atoms with Crippen LogP contribution in [0, 0.1) is 5.82 Å². The number of amides is 2. The van der Waals surface area contributed by atoms with Gasteiger partial charge in [-0.3, -0.25) is 9.59 Å². The van der Waals surface area contributed by atoms with Crippen LogP contribution < -0.4 is 15.4 Å². The first-order valence-electron chi connectivity index (χ1n) is 7.95. The number of nitrogens with one attached hydrogen (secondary N) is 2. The Balaban J connectivity index is 1.40. The predicted octanol–water partition coefficient (Wildman–Crippen LogP) is 2.29. The van der Waals surface area contributed by atoms with Crippen LogP contribution in [0.25, 0.3) is 0 Å². The van der Waals surface area contributed by atoms with E-state index in [2.05, 4.69) is 15.8 Å². The first-order chi connectivity index (χ1) is 12.6. The molecule has 4 rings (SSSR count). The van der Waals surface area contributed by atoms with E-state index in [0.717, 1.165) is 0 Å². The Kier molecular flexibility index (Phi) is 4.00. The number of benzene rings is 2. The third-order valence-corrected chi connectivity index (χ3v) is 4.02. The van der Waals surface area contributed by atoms with Gasteiger partial charge in [0.1, 0.15) is 11.6 Å². The standard InChI is InChI=1S/C18H14FN3O4/c19-11-3-1-10(2-4-11)14-8-16(26-22-14)18(24)20-12-5-6-13-15(7-12)25-9-17(23)21-13/h1-7,16H,8-9H2,(H,20,24)(H,21,23). The van der Waals surface area contributed by atoms with E-state index >= 15 is 0 Å². The lowest BCUT2D eigenvalue weighted by Gasteiger charge is -2.19. The van der Waals surface area contributed by atoms with E-state index < -0.39 is 6.10 Å². The van der Waals surface area contributed by atoms with Gasteiger partial charge in [-0.15, -0.1) is 0 Å². The van der Waals surface area contributed by atoms with Crippen molar-refractivity contribution in [1.82, 2.24) is 0 Å². The SMILES string of the molecule is O=C1COc2cc(NC(=O)C3CC(c4ccc(F)cc4)=NO3)ccc2N1. The lowest BCUT2D eigenvalue weighted by molar-refractivity contribution is -0.125. The molecule has 2 aromatic rings. The molecule has 2 aromatic carbocycles. The molecule has 0 saturated heterocycles. The number of oxime groups is 1. The van der Waals surface area contributed by atoms with Crippen LogP contribution in [0.1, 0.15) is 12.0 Å². The Hall–Kier alpha value is -3.42. The molecule has 26 heavy (non-hydrogen) atoms. The largest absolute Gasteiger partial charge is 0.482 e. The summed E-state index contributed by atoms with van der Waals surface area (Å²) in [5, 5.41) is 9.33. The molecule has 1 unspecified atom stereocenters. The first-order valence-corrected chi connectivity index (χ1v) is 7.95. The second-order valence-corrected chi connectivity index (χ2v) is 5.88. The molecule has 8 heteroatoms. The number of hydrogen-bond donors (Lipinski definition) is 2. The maximum absolute atomic E-state index is 13.0. The highest BCUT2D eigenvalue weighted by atomic mass is 19.1. The lowest BCUT2D eigenvalue weighted by Crippen LogP contribution is -2.28. The summed E-state index contributed by atoms with van der Waals surface area (Å²) in [5.74, 6) is -0.434. The average molecular weight is 355 g/mol. The Labute approximate surface area is 147 Å². The zero-order chi connectivity index (χ0) is 18.1. The second kappa shape index (κ2) is 6.47. The molecule has 2 amide bonds. The van der Waals surface area contributed by atoms with Crippen molar-refractivity contribution >= 4 is 28.9 Å². The van der Waals surface area contributed by atoms with Crippen LogP contribution in [0.15, 0.2) is 47.6 Å². The summed E-state index contributed by atoms with van der Waals surface area (Å²) in [7, 11) is 0. The fraction of sp³-hybridized carbons (Fsp3) is 0.167. The Bertz CT molecular complexity index is 911. The van der Waals surface area contributed by atoms with Gasteiger partial charge < -0.3 is 20.2 Å². The summed E-state index contributed by atoms with van der Waals surface area (Å²) in [6.07, 6.45) is -0.485. The molecule has 132 valence electrons. The number of nitrogens with zero attached hydrogens (tertiary/aromatic N) is 1. The van der Waals surface area contributed by atoms with Gasteiger partial charge >= 0.3 is 0 Å². The maximum Gasteiger partial charge on any atom is 0.268 e. The molecule has 2 aliphatic rings. The summed E-state index contributed by atoms with van der Waals surface area (Å²) >= 11 is 0. The van der Waals surface area contributed by atoms with Crippen LogP contribution in [0.2, 0.25) is 0 Å².